The number of aromatic nitrogens is 1. The van der Waals surface area contributed by atoms with Crippen molar-refractivity contribution in [2.45, 2.75) is 19.1 Å². The molecular formula is C11H14F4N2O. The molecule has 1 unspecified atom stereocenters. The molecule has 0 fully saturated rings. The molecule has 0 radical (unpaired) electrons. The summed E-state index contributed by atoms with van der Waals surface area (Å²) in [5, 5.41) is 2.91. The van der Waals surface area contributed by atoms with Crippen molar-refractivity contribution >= 4 is 0 Å². The molecule has 1 heterocycles. The van der Waals surface area contributed by atoms with Gasteiger partial charge < -0.3 is 10.1 Å². The first-order chi connectivity index (χ1) is 8.42. The van der Waals surface area contributed by atoms with Crippen LogP contribution in [0.1, 0.15) is 18.5 Å². The molecule has 0 bridgehead atoms. The molecule has 1 aromatic rings. The third kappa shape index (κ3) is 5.42. The number of pyridine rings is 1. The SMILES string of the molecule is CCNC(COCC(F)(F)F)c1cncc(F)c1. The van der Waals surface area contributed by atoms with Crippen LogP contribution in [0, 0.1) is 5.82 Å². The van der Waals surface area contributed by atoms with E-state index in [1.807, 2.05) is 0 Å². The molecule has 7 heteroatoms. The Bertz CT molecular complexity index is 370. The third-order valence-corrected chi connectivity index (χ3v) is 2.13. The molecule has 0 saturated heterocycles. The average molecular weight is 266 g/mol. The minimum atomic E-state index is -4.36. The van der Waals surface area contributed by atoms with Gasteiger partial charge in [-0.15, -0.1) is 0 Å². The lowest BCUT2D eigenvalue weighted by atomic mass is 10.1. The summed E-state index contributed by atoms with van der Waals surface area (Å²) in [6.45, 7) is 0.802. The van der Waals surface area contributed by atoms with E-state index in [0.717, 1.165) is 6.20 Å². The summed E-state index contributed by atoms with van der Waals surface area (Å²) in [7, 11) is 0. The van der Waals surface area contributed by atoms with Gasteiger partial charge in [-0.05, 0) is 18.2 Å². The Balaban J connectivity index is 2.60. The molecule has 0 saturated carbocycles. The molecule has 0 aliphatic heterocycles. The highest BCUT2D eigenvalue weighted by Gasteiger charge is 2.28. The maximum Gasteiger partial charge on any atom is 0.411 e. The van der Waals surface area contributed by atoms with Gasteiger partial charge in [0.15, 0.2) is 0 Å². The van der Waals surface area contributed by atoms with Gasteiger partial charge in [0.05, 0.1) is 18.8 Å². The normalized spacial score (nSPS) is 13.6. The summed E-state index contributed by atoms with van der Waals surface area (Å²) < 4.78 is 53.4. The first-order valence-electron chi connectivity index (χ1n) is 5.40. The smallest absolute Gasteiger partial charge is 0.370 e. The van der Waals surface area contributed by atoms with Crippen LogP contribution < -0.4 is 5.32 Å². The van der Waals surface area contributed by atoms with E-state index >= 15 is 0 Å². The number of hydrogen-bond acceptors (Lipinski definition) is 3. The highest BCUT2D eigenvalue weighted by molar-refractivity contribution is 5.15. The summed E-state index contributed by atoms with van der Waals surface area (Å²) in [5.41, 5.74) is 0.457. The fraction of sp³-hybridized carbons (Fsp3) is 0.545. The highest BCUT2D eigenvalue weighted by Crippen LogP contribution is 2.17. The van der Waals surface area contributed by atoms with E-state index in [2.05, 4.69) is 15.0 Å². The zero-order valence-electron chi connectivity index (χ0n) is 9.80. The Kier molecular flexibility index (Phi) is 5.49. The van der Waals surface area contributed by atoms with Gasteiger partial charge in [-0.2, -0.15) is 13.2 Å². The summed E-state index contributed by atoms with van der Waals surface area (Å²) in [4.78, 5) is 3.65. The molecule has 1 N–H and O–H groups in total. The average Bonchev–Trinajstić information content (AvgIpc) is 2.26. The Hall–Kier alpha value is -1.21. The van der Waals surface area contributed by atoms with Crippen molar-refractivity contribution in [2.75, 3.05) is 19.8 Å². The van der Waals surface area contributed by atoms with Crippen LogP contribution in [0.3, 0.4) is 0 Å². The molecule has 0 amide bonds. The minimum Gasteiger partial charge on any atom is -0.370 e. The number of rotatable bonds is 6. The van der Waals surface area contributed by atoms with E-state index < -0.39 is 24.6 Å². The Morgan fingerprint density at radius 2 is 2.11 bits per heavy atom. The molecule has 0 aliphatic carbocycles. The molecule has 0 aromatic carbocycles. The molecule has 1 aromatic heterocycles. The van der Waals surface area contributed by atoms with E-state index in [1.54, 1.807) is 6.92 Å². The van der Waals surface area contributed by atoms with Gasteiger partial charge in [0.2, 0.25) is 0 Å². The Morgan fingerprint density at radius 1 is 1.39 bits per heavy atom. The topological polar surface area (TPSA) is 34.1 Å². The van der Waals surface area contributed by atoms with E-state index in [9.17, 15) is 17.6 Å². The van der Waals surface area contributed by atoms with Crippen LogP contribution in [-0.2, 0) is 4.74 Å². The van der Waals surface area contributed by atoms with Crippen LogP contribution in [0.4, 0.5) is 17.6 Å². The van der Waals surface area contributed by atoms with Crippen LogP contribution in [0.25, 0.3) is 0 Å². The molecule has 0 aliphatic rings. The van der Waals surface area contributed by atoms with Gasteiger partial charge in [-0.25, -0.2) is 4.39 Å². The van der Waals surface area contributed by atoms with Gasteiger partial charge in [-0.3, -0.25) is 4.98 Å². The predicted molar refractivity (Wildman–Crippen MR) is 57.5 cm³/mol. The number of hydrogen-bond donors (Lipinski definition) is 1. The van der Waals surface area contributed by atoms with Crippen LogP contribution >= 0.6 is 0 Å². The monoisotopic (exact) mass is 266 g/mol. The number of halogens is 4. The fourth-order valence-corrected chi connectivity index (χ4v) is 1.43. The fourth-order valence-electron chi connectivity index (χ4n) is 1.43. The van der Waals surface area contributed by atoms with Crippen LogP contribution in [-0.4, -0.2) is 30.9 Å². The van der Waals surface area contributed by atoms with Crippen LogP contribution in [0.15, 0.2) is 18.5 Å². The standard InChI is InChI=1S/C11H14F4N2O/c1-2-17-10(6-18-7-11(13,14)15)8-3-9(12)5-16-4-8/h3-5,10,17H,2,6-7H2,1H3. The molecule has 0 spiro atoms. The molecule has 1 rings (SSSR count). The number of ether oxygens (including phenoxy) is 1. The number of likely N-dealkylation sites (N-methyl/N-ethyl adjacent to an activating group) is 1. The van der Waals surface area contributed by atoms with Crippen molar-refractivity contribution in [1.29, 1.82) is 0 Å². The summed E-state index contributed by atoms with van der Waals surface area (Å²) >= 11 is 0. The zero-order chi connectivity index (χ0) is 13.6. The molecule has 102 valence electrons. The first-order valence-corrected chi connectivity index (χ1v) is 5.40. The maximum atomic E-state index is 13.0. The van der Waals surface area contributed by atoms with Crippen molar-refractivity contribution < 1.29 is 22.3 Å². The van der Waals surface area contributed by atoms with Crippen LogP contribution in [0.5, 0.6) is 0 Å². The van der Waals surface area contributed by atoms with Gasteiger partial charge in [0, 0.05) is 6.20 Å². The lowest BCUT2D eigenvalue weighted by Gasteiger charge is -2.18. The second-order valence-electron chi connectivity index (χ2n) is 3.68. The van der Waals surface area contributed by atoms with Crippen molar-refractivity contribution in [3.8, 4) is 0 Å². The Labute approximate surface area is 102 Å². The molecular weight excluding hydrogens is 252 g/mol. The van der Waals surface area contributed by atoms with Gasteiger partial charge in [0.1, 0.15) is 12.4 Å². The summed E-state index contributed by atoms with van der Waals surface area (Å²) in [6.07, 6.45) is -1.94. The predicted octanol–water partition coefficient (Wildman–Crippen LogP) is 2.45. The maximum absolute atomic E-state index is 13.0. The summed E-state index contributed by atoms with van der Waals surface area (Å²) in [6, 6.07) is 0.706. The quantitative estimate of drug-likeness (QED) is 0.803. The first kappa shape index (κ1) is 14.8. The van der Waals surface area contributed by atoms with Gasteiger partial charge in [0.25, 0.3) is 0 Å². The lowest BCUT2D eigenvalue weighted by molar-refractivity contribution is -0.175. The second kappa shape index (κ2) is 6.65. The van der Waals surface area contributed by atoms with E-state index in [-0.39, 0.29) is 6.61 Å². The minimum absolute atomic E-state index is 0.196. The van der Waals surface area contributed by atoms with Crippen molar-refractivity contribution in [3.63, 3.8) is 0 Å². The Morgan fingerprint density at radius 3 is 2.67 bits per heavy atom. The van der Waals surface area contributed by atoms with E-state index in [1.165, 1.54) is 12.3 Å². The number of nitrogens with zero attached hydrogens (tertiary/aromatic N) is 1. The summed E-state index contributed by atoms with van der Waals surface area (Å²) in [5.74, 6) is -0.536. The lowest BCUT2D eigenvalue weighted by Crippen LogP contribution is -2.28. The second-order valence-corrected chi connectivity index (χ2v) is 3.68. The van der Waals surface area contributed by atoms with E-state index in [0.29, 0.717) is 12.1 Å². The third-order valence-electron chi connectivity index (χ3n) is 2.13. The number of nitrogens with one attached hydrogen (secondary N) is 1. The largest absolute Gasteiger partial charge is 0.411 e. The molecule has 18 heavy (non-hydrogen) atoms. The molecule has 3 nitrogen and oxygen atoms in total. The highest BCUT2D eigenvalue weighted by atomic mass is 19.4. The zero-order valence-corrected chi connectivity index (χ0v) is 9.80. The van der Waals surface area contributed by atoms with Gasteiger partial charge >= 0.3 is 6.18 Å². The van der Waals surface area contributed by atoms with Crippen molar-refractivity contribution in [1.82, 2.24) is 10.3 Å². The number of alkyl halides is 3. The van der Waals surface area contributed by atoms with E-state index in [4.69, 9.17) is 0 Å². The molecule has 1 atom stereocenters. The van der Waals surface area contributed by atoms with Gasteiger partial charge in [-0.1, -0.05) is 6.92 Å². The van der Waals surface area contributed by atoms with Crippen molar-refractivity contribution in [3.05, 3.63) is 29.8 Å². The van der Waals surface area contributed by atoms with Crippen LogP contribution in [0.2, 0.25) is 0 Å². The van der Waals surface area contributed by atoms with Crippen molar-refractivity contribution in [2.24, 2.45) is 0 Å².